The number of piperidine rings is 2. The highest BCUT2D eigenvalue weighted by molar-refractivity contribution is 6.31. The summed E-state index contributed by atoms with van der Waals surface area (Å²) < 4.78 is 0. The van der Waals surface area contributed by atoms with E-state index in [-0.39, 0.29) is 5.91 Å². The summed E-state index contributed by atoms with van der Waals surface area (Å²) in [5.74, 6) is 1.43. The minimum atomic E-state index is -0.135. The molecule has 2 saturated heterocycles. The second-order valence-corrected chi connectivity index (χ2v) is 10.4. The number of likely N-dealkylation sites (tertiary alicyclic amines) is 1. The molecule has 2 aromatic rings. The van der Waals surface area contributed by atoms with Crippen LogP contribution in [0, 0.1) is 12.8 Å². The highest BCUT2D eigenvalue weighted by Gasteiger charge is 2.27. The molecule has 0 bridgehead atoms. The van der Waals surface area contributed by atoms with Crippen molar-refractivity contribution in [2.24, 2.45) is 5.92 Å². The first kappa shape index (κ1) is 24.0. The van der Waals surface area contributed by atoms with E-state index in [1.165, 1.54) is 32.2 Å². The zero-order valence-electron chi connectivity index (χ0n) is 20.2. The first-order valence-electron chi connectivity index (χ1n) is 12.4. The fourth-order valence-electron chi connectivity index (χ4n) is 5.44. The lowest BCUT2D eigenvalue weighted by atomic mass is 9.91. The van der Waals surface area contributed by atoms with Gasteiger partial charge in [-0.15, -0.1) is 0 Å². The van der Waals surface area contributed by atoms with Crippen LogP contribution in [-0.4, -0.2) is 47.5 Å². The van der Waals surface area contributed by atoms with Gasteiger partial charge in [-0.3, -0.25) is 9.69 Å². The number of amides is 1. The third-order valence-corrected chi connectivity index (χ3v) is 7.65. The van der Waals surface area contributed by atoms with Crippen LogP contribution in [0.3, 0.4) is 0 Å². The third-order valence-electron chi connectivity index (χ3n) is 7.45. The molecular weight excluding hydrogens is 432 g/mol. The molecule has 2 fully saturated rings. The molecular formula is C27H37ClN4O. The maximum Gasteiger partial charge on any atom is 0.255 e. The molecule has 2 atom stereocenters. The first-order valence-corrected chi connectivity index (χ1v) is 12.8. The van der Waals surface area contributed by atoms with E-state index in [0.29, 0.717) is 28.4 Å². The van der Waals surface area contributed by atoms with Crippen LogP contribution in [0.5, 0.6) is 0 Å². The standard InChI is InChI=1S/C27H37ClN4O/c1-19-6-4-9-23(16-19)27(33)30-25-17-24(28)18-29-26(25)31-13-10-22(11-14-31)12-15-32-20(2)7-5-8-21(32)3/h4,6,9,16-18,20-22H,5,7-8,10-15H2,1-3H3,(H,30,33)/t20-,21+. The zero-order valence-corrected chi connectivity index (χ0v) is 20.9. The number of pyridine rings is 1. The summed E-state index contributed by atoms with van der Waals surface area (Å²) in [6, 6.07) is 10.8. The van der Waals surface area contributed by atoms with E-state index in [1.54, 1.807) is 6.20 Å². The van der Waals surface area contributed by atoms with E-state index in [2.05, 4.69) is 33.9 Å². The minimum absolute atomic E-state index is 0.135. The molecule has 178 valence electrons. The van der Waals surface area contributed by atoms with Crippen molar-refractivity contribution in [3.8, 4) is 0 Å². The van der Waals surface area contributed by atoms with Crippen molar-refractivity contribution in [1.82, 2.24) is 9.88 Å². The molecule has 0 spiro atoms. The van der Waals surface area contributed by atoms with Gasteiger partial charge in [0.1, 0.15) is 0 Å². The summed E-state index contributed by atoms with van der Waals surface area (Å²) in [6.07, 6.45) is 9.30. The Morgan fingerprint density at radius 2 is 1.85 bits per heavy atom. The zero-order chi connectivity index (χ0) is 23.4. The summed E-state index contributed by atoms with van der Waals surface area (Å²) >= 11 is 6.24. The number of carbonyl (C=O) groups is 1. The van der Waals surface area contributed by atoms with Crippen molar-refractivity contribution >= 4 is 29.0 Å². The molecule has 1 amide bonds. The fraction of sp³-hybridized carbons (Fsp3) is 0.556. The first-order chi connectivity index (χ1) is 15.9. The number of nitrogens with zero attached hydrogens (tertiary/aromatic N) is 3. The van der Waals surface area contributed by atoms with Gasteiger partial charge in [-0.25, -0.2) is 4.98 Å². The van der Waals surface area contributed by atoms with E-state index in [0.717, 1.165) is 43.2 Å². The van der Waals surface area contributed by atoms with Crippen LogP contribution >= 0.6 is 11.6 Å². The summed E-state index contributed by atoms with van der Waals surface area (Å²) in [4.78, 5) is 22.5. The number of anilines is 2. The average molecular weight is 469 g/mol. The lowest BCUT2D eigenvalue weighted by molar-refractivity contribution is 0.0939. The fourth-order valence-corrected chi connectivity index (χ4v) is 5.60. The van der Waals surface area contributed by atoms with Gasteiger partial charge in [0.2, 0.25) is 0 Å². The van der Waals surface area contributed by atoms with Crippen LogP contribution in [0.15, 0.2) is 36.5 Å². The predicted octanol–water partition coefficient (Wildman–Crippen LogP) is 6.17. The van der Waals surface area contributed by atoms with Gasteiger partial charge in [-0.2, -0.15) is 0 Å². The molecule has 1 N–H and O–H groups in total. The van der Waals surface area contributed by atoms with E-state index >= 15 is 0 Å². The van der Waals surface area contributed by atoms with Crippen LogP contribution in [-0.2, 0) is 0 Å². The molecule has 0 aliphatic carbocycles. The van der Waals surface area contributed by atoms with Gasteiger partial charge in [0.15, 0.2) is 5.82 Å². The smallest absolute Gasteiger partial charge is 0.255 e. The second kappa shape index (κ2) is 10.9. The van der Waals surface area contributed by atoms with Crippen molar-refractivity contribution in [2.75, 3.05) is 29.9 Å². The van der Waals surface area contributed by atoms with Crippen molar-refractivity contribution in [3.63, 3.8) is 0 Å². The molecule has 2 aliphatic rings. The van der Waals surface area contributed by atoms with Crippen LogP contribution in [0.4, 0.5) is 11.5 Å². The highest BCUT2D eigenvalue weighted by atomic mass is 35.5. The molecule has 4 rings (SSSR count). The van der Waals surface area contributed by atoms with Gasteiger partial charge in [0.25, 0.3) is 5.91 Å². The number of nitrogens with one attached hydrogen (secondary N) is 1. The number of aromatic nitrogens is 1. The third kappa shape index (κ3) is 6.07. The molecule has 6 heteroatoms. The van der Waals surface area contributed by atoms with Crippen molar-refractivity contribution in [1.29, 1.82) is 0 Å². The number of benzene rings is 1. The number of hydrogen-bond donors (Lipinski definition) is 1. The number of carbonyl (C=O) groups excluding carboxylic acids is 1. The minimum Gasteiger partial charge on any atom is -0.355 e. The Kier molecular flexibility index (Phi) is 7.92. The molecule has 3 heterocycles. The number of rotatable bonds is 6. The van der Waals surface area contributed by atoms with Crippen molar-refractivity contribution in [3.05, 3.63) is 52.7 Å². The number of hydrogen-bond acceptors (Lipinski definition) is 4. The van der Waals surface area contributed by atoms with Crippen molar-refractivity contribution in [2.45, 2.75) is 71.4 Å². The number of aryl methyl sites for hydroxylation is 1. The Morgan fingerprint density at radius 1 is 1.12 bits per heavy atom. The Bertz CT molecular complexity index is 947. The summed E-state index contributed by atoms with van der Waals surface area (Å²) in [6.45, 7) is 9.88. The van der Waals surface area contributed by atoms with Gasteiger partial charge >= 0.3 is 0 Å². The molecule has 0 saturated carbocycles. The Hall–Kier alpha value is -2.11. The molecule has 2 aliphatic heterocycles. The van der Waals surface area contributed by atoms with Gasteiger partial charge in [0, 0.05) is 36.9 Å². The van der Waals surface area contributed by atoms with Gasteiger partial charge in [-0.05, 0) is 83.5 Å². The quantitative estimate of drug-likeness (QED) is 0.551. The SMILES string of the molecule is Cc1cccc(C(=O)Nc2cc(Cl)cnc2N2CCC(CCN3[C@H](C)CCC[C@@H]3C)CC2)c1. The van der Waals surface area contributed by atoms with E-state index in [4.69, 9.17) is 11.6 Å². The van der Waals surface area contributed by atoms with Gasteiger partial charge in [0.05, 0.1) is 10.7 Å². The predicted molar refractivity (Wildman–Crippen MR) is 137 cm³/mol. The Balaban J connectivity index is 1.36. The summed E-state index contributed by atoms with van der Waals surface area (Å²) in [7, 11) is 0. The van der Waals surface area contributed by atoms with Crippen LogP contribution in [0.25, 0.3) is 0 Å². The van der Waals surface area contributed by atoms with E-state index in [1.807, 2.05) is 37.3 Å². The molecule has 1 aromatic heterocycles. The van der Waals surface area contributed by atoms with E-state index < -0.39 is 0 Å². The second-order valence-electron chi connectivity index (χ2n) is 9.93. The Labute approximate surface area is 203 Å². The molecule has 0 unspecified atom stereocenters. The van der Waals surface area contributed by atoms with Crippen LogP contribution in [0.1, 0.15) is 68.3 Å². The monoisotopic (exact) mass is 468 g/mol. The normalized spacial score (nSPS) is 22.4. The highest BCUT2D eigenvalue weighted by Crippen LogP contribution is 2.32. The summed E-state index contributed by atoms with van der Waals surface area (Å²) in [5.41, 5.74) is 2.38. The molecule has 1 aromatic carbocycles. The van der Waals surface area contributed by atoms with Gasteiger partial charge in [-0.1, -0.05) is 35.7 Å². The maximum absolute atomic E-state index is 12.8. The van der Waals surface area contributed by atoms with Crippen molar-refractivity contribution < 1.29 is 4.79 Å². The molecule has 33 heavy (non-hydrogen) atoms. The lowest BCUT2D eigenvalue weighted by Gasteiger charge is -2.40. The molecule has 5 nitrogen and oxygen atoms in total. The van der Waals surface area contributed by atoms with Crippen LogP contribution in [0.2, 0.25) is 5.02 Å². The Morgan fingerprint density at radius 3 is 2.55 bits per heavy atom. The average Bonchev–Trinajstić information content (AvgIpc) is 2.79. The van der Waals surface area contributed by atoms with Gasteiger partial charge < -0.3 is 10.2 Å². The largest absolute Gasteiger partial charge is 0.355 e. The van der Waals surface area contributed by atoms with Crippen LogP contribution < -0.4 is 10.2 Å². The van der Waals surface area contributed by atoms with E-state index in [9.17, 15) is 4.79 Å². The molecule has 0 radical (unpaired) electrons. The maximum atomic E-state index is 12.8. The topological polar surface area (TPSA) is 48.5 Å². The lowest BCUT2D eigenvalue weighted by Crippen LogP contribution is -2.45. The number of halogens is 1. The summed E-state index contributed by atoms with van der Waals surface area (Å²) in [5, 5.41) is 3.57.